The SMILES string of the molecule is CCCN(CC(=O)O)C(=O)c1ccccc1Oc1cnn(C)c1. The second kappa shape index (κ2) is 7.44. The van der Waals surface area contributed by atoms with Crippen molar-refractivity contribution in [3.05, 3.63) is 42.2 Å². The number of rotatable bonds is 7. The van der Waals surface area contributed by atoms with Crippen LogP contribution in [0.3, 0.4) is 0 Å². The van der Waals surface area contributed by atoms with E-state index >= 15 is 0 Å². The standard InChI is InChI=1S/C16H19N3O4/c1-3-8-19(11-15(20)21)16(22)13-6-4-5-7-14(13)23-12-9-17-18(2)10-12/h4-7,9-10H,3,8,11H2,1-2H3,(H,20,21). The summed E-state index contributed by atoms with van der Waals surface area (Å²) in [4.78, 5) is 24.9. The van der Waals surface area contributed by atoms with Crippen molar-refractivity contribution in [3.8, 4) is 11.5 Å². The molecule has 0 aliphatic rings. The summed E-state index contributed by atoms with van der Waals surface area (Å²) in [6.07, 6.45) is 3.90. The van der Waals surface area contributed by atoms with Crippen molar-refractivity contribution in [1.82, 2.24) is 14.7 Å². The second-order valence-electron chi connectivity index (χ2n) is 5.07. The minimum Gasteiger partial charge on any atom is -0.480 e. The van der Waals surface area contributed by atoms with Crippen LogP contribution in [-0.2, 0) is 11.8 Å². The lowest BCUT2D eigenvalue weighted by atomic mass is 10.1. The third-order valence-electron chi connectivity index (χ3n) is 3.13. The number of para-hydroxylation sites is 1. The zero-order valence-electron chi connectivity index (χ0n) is 13.1. The van der Waals surface area contributed by atoms with Crippen LogP contribution in [0.1, 0.15) is 23.7 Å². The molecule has 0 atom stereocenters. The first-order chi connectivity index (χ1) is 11.0. The summed E-state index contributed by atoms with van der Waals surface area (Å²) in [5.74, 6) is -0.531. The van der Waals surface area contributed by atoms with E-state index in [0.717, 1.165) is 0 Å². The summed E-state index contributed by atoms with van der Waals surface area (Å²) >= 11 is 0. The van der Waals surface area contributed by atoms with Crippen LogP contribution in [0.25, 0.3) is 0 Å². The number of carbonyl (C=O) groups is 2. The third kappa shape index (κ3) is 4.32. The number of hydrogen-bond acceptors (Lipinski definition) is 4. The summed E-state index contributed by atoms with van der Waals surface area (Å²) in [7, 11) is 1.76. The molecule has 0 aliphatic carbocycles. The Morgan fingerprint density at radius 1 is 1.35 bits per heavy atom. The van der Waals surface area contributed by atoms with Crippen LogP contribution in [-0.4, -0.2) is 44.8 Å². The van der Waals surface area contributed by atoms with Gasteiger partial charge >= 0.3 is 5.97 Å². The van der Waals surface area contributed by atoms with E-state index in [1.807, 2.05) is 6.92 Å². The monoisotopic (exact) mass is 317 g/mol. The molecule has 0 bridgehead atoms. The molecule has 7 heteroatoms. The van der Waals surface area contributed by atoms with Crippen molar-refractivity contribution in [3.63, 3.8) is 0 Å². The number of benzene rings is 1. The van der Waals surface area contributed by atoms with Crippen LogP contribution in [0.2, 0.25) is 0 Å². The van der Waals surface area contributed by atoms with Gasteiger partial charge in [0.15, 0.2) is 5.75 Å². The number of nitrogens with zero attached hydrogens (tertiary/aromatic N) is 3. The predicted molar refractivity (Wildman–Crippen MR) is 83.6 cm³/mol. The van der Waals surface area contributed by atoms with Gasteiger partial charge in [0.05, 0.1) is 18.0 Å². The summed E-state index contributed by atoms with van der Waals surface area (Å²) in [6.45, 7) is 1.92. The van der Waals surface area contributed by atoms with Gasteiger partial charge in [0.25, 0.3) is 5.91 Å². The van der Waals surface area contributed by atoms with Crippen molar-refractivity contribution in [2.45, 2.75) is 13.3 Å². The van der Waals surface area contributed by atoms with E-state index in [0.29, 0.717) is 30.0 Å². The molecular formula is C16H19N3O4. The largest absolute Gasteiger partial charge is 0.480 e. The molecule has 2 aromatic rings. The number of aromatic nitrogens is 2. The molecule has 0 fully saturated rings. The zero-order chi connectivity index (χ0) is 16.8. The van der Waals surface area contributed by atoms with Gasteiger partial charge in [-0.25, -0.2) is 0 Å². The Balaban J connectivity index is 2.26. The van der Waals surface area contributed by atoms with Gasteiger partial charge in [0.1, 0.15) is 12.3 Å². The predicted octanol–water partition coefficient (Wildman–Crippen LogP) is 2.15. The lowest BCUT2D eigenvalue weighted by Crippen LogP contribution is -2.36. The van der Waals surface area contributed by atoms with Crippen LogP contribution in [0.5, 0.6) is 11.5 Å². The first kappa shape index (κ1) is 16.5. The van der Waals surface area contributed by atoms with Gasteiger partial charge in [-0.15, -0.1) is 0 Å². The lowest BCUT2D eigenvalue weighted by molar-refractivity contribution is -0.137. The topological polar surface area (TPSA) is 84.7 Å². The van der Waals surface area contributed by atoms with Crippen molar-refractivity contribution < 1.29 is 19.4 Å². The van der Waals surface area contributed by atoms with Gasteiger partial charge in [-0.1, -0.05) is 19.1 Å². The second-order valence-corrected chi connectivity index (χ2v) is 5.07. The highest BCUT2D eigenvalue weighted by atomic mass is 16.5. The van der Waals surface area contributed by atoms with Gasteiger partial charge in [0.2, 0.25) is 0 Å². The number of ether oxygens (including phenoxy) is 1. The minimum atomic E-state index is -1.04. The van der Waals surface area contributed by atoms with E-state index in [-0.39, 0.29) is 12.5 Å². The molecular weight excluding hydrogens is 298 g/mol. The Labute approximate surface area is 134 Å². The molecule has 1 heterocycles. The van der Waals surface area contributed by atoms with E-state index < -0.39 is 5.97 Å². The smallest absolute Gasteiger partial charge is 0.323 e. The van der Waals surface area contributed by atoms with Crippen molar-refractivity contribution in [2.24, 2.45) is 7.05 Å². The van der Waals surface area contributed by atoms with Crippen LogP contribution in [0, 0.1) is 0 Å². The minimum absolute atomic E-state index is 0.325. The molecule has 2 rings (SSSR count). The molecule has 0 saturated heterocycles. The van der Waals surface area contributed by atoms with Crippen LogP contribution in [0.15, 0.2) is 36.7 Å². The summed E-state index contributed by atoms with van der Waals surface area (Å²) in [5.41, 5.74) is 0.325. The zero-order valence-corrected chi connectivity index (χ0v) is 13.1. The van der Waals surface area contributed by atoms with E-state index in [1.54, 1.807) is 48.4 Å². The summed E-state index contributed by atoms with van der Waals surface area (Å²) in [6, 6.07) is 6.77. The normalized spacial score (nSPS) is 10.3. The van der Waals surface area contributed by atoms with Gasteiger partial charge in [-0.05, 0) is 18.6 Å². The van der Waals surface area contributed by atoms with Crippen LogP contribution < -0.4 is 4.74 Å². The number of carboxylic acid groups (broad SMARTS) is 1. The summed E-state index contributed by atoms with van der Waals surface area (Å²) < 4.78 is 7.30. The molecule has 1 N–H and O–H groups in total. The average molecular weight is 317 g/mol. The van der Waals surface area contributed by atoms with Crippen molar-refractivity contribution in [1.29, 1.82) is 0 Å². The molecule has 0 spiro atoms. The molecule has 1 aromatic heterocycles. The fraction of sp³-hybridized carbons (Fsp3) is 0.312. The fourth-order valence-electron chi connectivity index (χ4n) is 2.17. The van der Waals surface area contributed by atoms with Gasteiger partial charge in [-0.2, -0.15) is 5.10 Å². The number of carboxylic acids is 1. The Morgan fingerprint density at radius 3 is 2.70 bits per heavy atom. The molecule has 0 saturated carbocycles. The van der Waals surface area contributed by atoms with Crippen LogP contribution >= 0.6 is 0 Å². The number of aryl methyl sites for hydroxylation is 1. The number of hydrogen-bond donors (Lipinski definition) is 1. The first-order valence-electron chi connectivity index (χ1n) is 7.28. The third-order valence-corrected chi connectivity index (χ3v) is 3.13. The first-order valence-corrected chi connectivity index (χ1v) is 7.28. The number of carbonyl (C=O) groups excluding carboxylic acids is 1. The van der Waals surface area contributed by atoms with E-state index in [2.05, 4.69) is 5.10 Å². The highest BCUT2D eigenvalue weighted by Crippen LogP contribution is 2.26. The number of aliphatic carboxylic acids is 1. The van der Waals surface area contributed by atoms with E-state index in [9.17, 15) is 9.59 Å². The van der Waals surface area contributed by atoms with Gasteiger partial charge < -0.3 is 14.7 Å². The number of amides is 1. The summed E-state index contributed by atoms with van der Waals surface area (Å²) in [5, 5.41) is 13.0. The Kier molecular flexibility index (Phi) is 5.35. The van der Waals surface area contributed by atoms with Crippen molar-refractivity contribution >= 4 is 11.9 Å². The van der Waals surface area contributed by atoms with E-state index in [1.165, 1.54) is 4.90 Å². The molecule has 0 unspecified atom stereocenters. The molecule has 0 aliphatic heterocycles. The molecule has 1 aromatic carbocycles. The average Bonchev–Trinajstić information content (AvgIpc) is 2.91. The quantitative estimate of drug-likeness (QED) is 0.846. The molecule has 7 nitrogen and oxygen atoms in total. The van der Waals surface area contributed by atoms with Crippen LogP contribution in [0.4, 0.5) is 0 Å². The maximum Gasteiger partial charge on any atom is 0.323 e. The van der Waals surface area contributed by atoms with E-state index in [4.69, 9.17) is 9.84 Å². The molecule has 0 radical (unpaired) electrons. The molecule has 23 heavy (non-hydrogen) atoms. The molecule has 122 valence electrons. The maximum absolute atomic E-state index is 12.6. The maximum atomic E-state index is 12.6. The van der Waals surface area contributed by atoms with Gasteiger partial charge in [-0.3, -0.25) is 14.3 Å². The van der Waals surface area contributed by atoms with Gasteiger partial charge in [0, 0.05) is 13.6 Å². The Morgan fingerprint density at radius 2 is 2.09 bits per heavy atom. The highest BCUT2D eigenvalue weighted by Gasteiger charge is 2.21. The molecule has 1 amide bonds. The Bertz CT molecular complexity index is 696. The fourth-order valence-corrected chi connectivity index (χ4v) is 2.17. The van der Waals surface area contributed by atoms with Crippen molar-refractivity contribution in [2.75, 3.05) is 13.1 Å². The lowest BCUT2D eigenvalue weighted by Gasteiger charge is -2.21. The highest BCUT2D eigenvalue weighted by molar-refractivity contribution is 5.98. The Hall–Kier alpha value is -2.83.